The molecule has 0 aromatic heterocycles. The van der Waals surface area contributed by atoms with Crippen LogP contribution < -0.4 is 5.32 Å². The second-order valence-corrected chi connectivity index (χ2v) is 7.29. The van der Waals surface area contributed by atoms with Crippen LogP contribution in [0.15, 0.2) is 42.5 Å². The van der Waals surface area contributed by atoms with E-state index in [1.54, 1.807) is 12.1 Å². The number of rotatable bonds is 4. The van der Waals surface area contributed by atoms with Crippen molar-refractivity contribution in [2.24, 2.45) is 5.92 Å². The van der Waals surface area contributed by atoms with E-state index < -0.39 is 17.6 Å². The average Bonchev–Trinajstić information content (AvgIpc) is 2.65. The molecule has 0 bridgehead atoms. The number of alkyl halides is 3. The Morgan fingerprint density at radius 1 is 1.11 bits per heavy atom. The SMILES string of the molecule is O=C(Nc1ccc(Cl)cc1C(F)(F)F)C1CCN(Cc2ccc(F)cc2)CC1. The van der Waals surface area contributed by atoms with Crippen LogP contribution in [0.25, 0.3) is 0 Å². The molecule has 1 amide bonds. The van der Waals surface area contributed by atoms with Gasteiger partial charge in [0, 0.05) is 17.5 Å². The van der Waals surface area contributed by atoms with Gasteiger partial charge in [-0.3, -0.25) is 9.69 Å². The number of carbonyl (C=O) groups is 1. The molecule has 1 N–H and O–H groups in total. The van der Waals surface area contributed by atoms with E-state index >= 15 is 0 Å². The van der Waals surface area contributed by atoms with Gasteiger partial charge in [-0.1, -0.05) is 23.7 Å². The van der Waals surface area contributed by atoms with Crippen LogP contribution in [0.4, 0.5) is 23.2 Å². The highest BCUT2D eigenvalue weighted by Crippen LogP contribution is 2.37. The molecule has 0 atom stereocenters. The lowest BCUT2D eigenvalue weighted by atomic mass is 9.95. The predicted molar refractivity (Wildman–Crippen MR) is 99.5 cm³/mol. The van der Waals surface area contributed by atoms with E-state index in [1.165, 1.54) is 24.3 Å². The third-order valence-corrected chi connectivity index (χ3v) is 5.06. The van der Waals surface area contributed by atoms with Gasteiger partial charge in [0.05, 0.1) is 11.3 Å². The Kier molecular flexibility index (Phi) is 6.25. The maximum Gasteiger partial charge on any atom is 0.418 e. The lowest BCUT2D eigenvalue weighted by molar-refractivity contribution is -0.137. The summed E-state index contributed by atoms with van der Waals surface area (Å²) in [6, 6.07) is 9.54. The van der Waals surface area contributed by atoms with E-state index in [4.69, 9.17) is 11.6 Å². The second-order valence-electron chi connectivity index (χ2n) is 6.85. The molecule has 28 heavy (non-hydrogen) atoms. The minimum atomic E-state index is -4.61. The number of carbonyl (C=O) groups excluding carboxylic acids is 1. The number of hydrogen-bond acceptors (Lipinski definition) is 2. The Morgan fingerprint density at radius 3 is 2.36 bits per heavy atom. The van der Waals surface area contributed by atoms with E-state index in [2.05, 4.69) is 10.2 Å². The molecule has 0 radical (unpaired) electrons. The Hall–Kier alpha value is -2.12. The number of likely N-dealkylation sites (tertiary alicyclic amines) is 1. The van der Waals surface area contributed by atoms with Crippen molar-refractivity contribution in [1.29, 1.82) is 0 Å². The first kappa shape index (κ1) is 20.6. The number of nitrogens with one attached hydrogen (secondary N) is 1. The highest BCUT2D eigenvalue weighted by Gasteiger charge is 2.35. The lowest BCUT2D eigenvalue weighted by Crippen LogP contribution is -2.38. The van der Waals surface area contributed by atoms with Crippen LogP contribution >= 0.6 is 11.6 Å². The fourth-order valence-corrected chi connectivity index (χ4v) is 3.47. The quantitative estimate of drug-likeness (QED) is 0.684. The standard InChI is InChI=1S/C20H19ClF4N2O/c21-15-3-6-18(17(11-15)20(23,24)25)26-19(28)14-7-9-27(10-8-14)12-13-1-4-16(22)5-2-13/h1-6,11,14H,7-10,12H2,(H,26,28). The lowest BCUT2D eigenvalue weighted by Gasteiger charge is -2.31. The Balaban J connectivity index is 1.58. The van der Waals surface area contributed by atoms with Gasteiger partial charge in [-0.2, -0.15) is 13.2 Å². The van der Waals surface area contributed by atoms with Crippen LogP contribution in [-0.2, 0) is 17.5 Å². The van der Waals surface area contributed by atoms with E-state index in [-0.39, 0.29) is 22.4 Å². The highest BCUT2D eigenvalue weighted by atomic mass is 35.5. The maximum absolute atomic E-state index is 13.2. The zero-order chi connectivity index (χ0) is 20.3. The van der Waals surface area contributed by atoms with Crippen LogP contribution in [0.1, 0.15) is 24.0 Å². The Labute approximate surface area is 165 Å². The van der Waals surface area contributed by atoms with E-state index in [0.29, 0.717) is 32.5 Å². The maximum atomic E-state index is 13.2. The topological polar surface area (TPSA) is 32.3 Å². The molecule has 1 saturated heterocycles. The van der Waals surface area contributed by atoms with E-state index in [0.717, 1.165) is 11.6 Å². The van der Waals surface area contributed by atoms with Crippen LogP contribution in [0.3, 0.4) is 0 Å². The summed E-state index contributed by atoms with van der Waals surface area (Å²) in [5, 5.41) is 2.36. The van der Waals surface area contributed by atoms with Crippen LogP contribution in [0, 0.1) is 11.7 Å². The summed E-state index contributed by atoms with van der Waals surface area (Å²) in [5.41, 5.74) is -0.266. The molecule has 2 aromatic rings. The molecule has 0 spiro atoms. The number of benzene rings is 2. The summed E-state index contributed by atoms with van der Waals surface area (Å²) >= 11 is 5.66. The first-order valence-corrected chi connectivity index (χ1v) is 9.24. The van der Waals surface area contributed by atoms with Crippen LogP contribution in [-0.4, -0.2) is 23.9 Å². The van der Waals surface area contributed by atoms with Gasteiger partial charge < -0.3 is 5.32 Å². The highest BCUT2D eigenvalue weighted by molar-refractivity contribution is 6.30. The van der Waals surface area contributed by atoms with Crippen molar-refractivity contribution in [1.82, 2.24) is 4.90 Å². The van der Waals surface area contributed by atoms with Gasteiger partial charge in [0.1, 0.15) is 5.82 Å². The molecule has 0 unspecified atom stereocenters. The zero-order valence-corrected chi connectivity index (χ0v) is 15.7. The second kappa shape index (κ2) is 8.49. The van der Waals surface area contributed by atoms with Gasteiger partial charge in [-0.25, -0.2) is 4.39 Å². The van der Waals surface area contributed by atoms with Crippen molar-refractivity contribution >= 4 is 23.2 Å². The third kappa shape index (κ3) is 5.23. The summed E-state index contributed by atoms with van der Waals surface area (Å²) in [5.74, 6) is -1.07. The molecular weight excluding hydrogens is 396 g/mol. The fraction of sp³-hybridized carbons (Fsp3) is 0.350. The van der Waals surface area contributed by atoms with Crippen molar-refractivity contribution in [2.75, 3.05) is 18.4 Å². The first-order valence-electron chi connectivity index (χ1n) is 8.87. The number of halogens is 5. The monoisotopic (exact) mass is 414 g/mol. The van der Waals surface area contributed by atoms with Crippen molar-refractivity contribution in [3.63, 3.8) is 0 Å². The predicted octanol–water partition coefficient (Wildman–Crippen LogP) is 5.35. The van der Waals surface area contributed by atoms with Gasteiger partial charge in [-0.05, 0) is 61.8 Å². The van der Waals surface area contributed by atoms with Gasteiger partial charge in [-0.15, -0.1) is 0 Å². The fourth-order valence-electron chi connectivity index (χ4n) is 3.30. The molecule has 0 saturated carbocycles. The molecule has 3 nitrogen and oxygen atoms in total. The minimum absolute atomic E-state index is 0.0422. The molecule has 2 aromatic carbocycles. The molecule has 3 rings (SSSR count). The molecular formula is C20H19ClF4N2O. The van der Waals surface area contributed by atoms with Crippen molar-refractivity contribution in [2.45, 2.75) is 25.6 Å². The first-order chi connectivity index (χ1) is 13.2. The van der Waals surface area contributed by atoms with Gasteiger partial charge in [0.15, 0.2) is 0 Å². The number of hydrogen-bond donors (Lipinski definition) is 1. The Bertz CT molecular complexity index is 831. The molecule has 150 valence electrons. The van der Waals surface area contributed by atoms with Crippen LogP contribution in [0.2, 0.25) is 5.02 Å². The number of anilines is 1. The van der Waals surface area contributed by atoms with Gasteiger partial charge in [0.2, 0.25) is 5.91 Å². The Morgan fingerprint density at radius 2 is 1.75 bits per heavy atom. The van der Waals surface area contributed by atoms with E-state index in [1.807, 2.05) is 0 Å². The van der Waals surface area contributed by atoms with Crippen LogP contribution in [0.5, 0.6) is 0 Å². The molecule has 1 aliphatic heterocycles. The summed E-state index contributed by atoms with van der Waals surface area (Å²) < 4.78 is 52.5. The molecule has 1 heterocycles. The average molecular weight is 415 g/mol. The van der Waals surface area contributed by atoms with Gasteiger partial charge in [0.25, 0.3) is 0 Å². The normalized spacial score (nSPS) is 16.2. The summed E-state index contributed by atoms with van der Waals surface area (Å²) in [6.45, 7) is 1.93. The summed E-state index contributed by atoms with van der Waals surface area (Å²) in [7, 11) is 0. The number of nitrogens with zero attached hydrogens (tertiary/aromatic N) is 1. The third-order valence-electron chi connectivity index (χ3n) is 4.82. The van der Waals surface area contributed by atoms with E-state index in [9.17, 15) is 22.4 Å². The molecule has 1 fully saturated rings. The number of piperidine rings is 1. The van der Waals surface area contributed by atoms with Crippen molar-refractivity contribution in [3.05, 3.63) is 64.4 Å². The van der Waals surface area contributed by atoms with Crippen molar-refractivity contribution < 1.29 is 22.4 Å². The zero-order valence-electron chi connectivity index (χ0n) is 14.9. The minimum Gasteiger partial charge on any atom is -0.325 e. The summed E-state index contributed by atoms with van der Waals surface area (Å²) in [6.07, 6.45) is -3.52. The van der Waals surface area contributed by atoms with Crippen molar-refractivity contribution in [3.8, 4) is 0 Å². The number of amides is 1. The summed E-state index contributed by atoms with van der Waals surface area (Å²) in [4.78, 5) is 14.6. The smallest absolute Gasteiger partial charge is 0.325 e. The largest absolute Gasteiger partial charge is 0.418 e. The van der Waals surface area contributed by atoms with Gasteiger partial charge >= 0.3 is 6.18 Å². The molecule has 8 heteroatoms. The molecule has 0 aliphatic carbocycles. The molecule has 1 aliphatic rings.